The summed E-state index contributed by atoms with van der Waals surface area (Å²) in [6.07, 6.45) is 3.81. The molecule has 124 valence electrons. The molecule has 0 saturated carbocycles. The number of nitrogens with one attached hydrogen (secondary N) is 1. The van der Waals surface area contributed by atoms with Crippen LogP contribution in [0.15, 0.2) is 54.7 Å². The Bertz CT molecular complexity index is 799. The number of halogens is 1. The highest BCUT2D eigenvalue weighted by Gasteiger charge is 2.17. The quantitative estimate of drug-likeness (QED) is 0.606. The number of hydrogen-bond acceptors (Lipinski definition) is 1. The topological polar surface area (TPSA) is 28.7 Å². The first-order valence-corrected chi connectivity index (χ1v) is 8.75. The number of nitrogens with zero attached hydrogens (tertiary/aromatic N) is 1. The lowest BCUT2D eigenvalue weighted by Gasteiger charge is -2.23. The zero-order valence-electron chi connectivity index (χ0n) is 14.4. The highest BCUT2D eigenvalue weighted by Crippen LogP contribution is 2.28. The summed E-state index contributed by atoms with van der Waals surface area (Å²) < 4.78 is 0. The minimum Gasteiger partial charge on any atom is -0.342 e. The Morgan fingerprint density at radius 1 is 1.00 bits per heavy atom. The minimum absolute atomic E-state index is 0.215. The fraction of sp³-hybridized carbons (Fsp3) is 0.286. The second-order valence-corrected chi connectivity index (χ2v) is 7.30. The van der Waals surface area contributed by atoms with E-state index in [1.54, 1.807) is 0 Å². The lowest BCUT2D eigenvalue weighted by Crippen LogP contribution is -2.14. The van der Waals surface area contributed by atoms with Crippen LogP contribution in [0.3, 0.4) is 0 Å². The first kappa shape index (κ1) is 16.8. The highest BCUT2D eigenvalue weighted by molar-refractivity contribution is 6.30. The third-order valence-corrected chi connectivity index (χ3v) is 5.03. The summed E-state index contributed by atoms with van der Waals surface area (Å²) in [6.45, 7) is 6.79. The third kappa shape index (κ3) is 3.70. The maximum atomic E-state index is 5.93. The molecule has 0 amide bonds. The van der Waals surface area contributed by atoms with Gasteiger partial charge in [0.1, 0.15) is 5.82 Å². The smallest absolute Gasteiger partial charge is 0.110 e. The lowest BCUT2D eigenvalue weighted by molar-refractivity contribution is 0.506. The van der Waals surface area contributed by atoms with Crippen molar-refractivity contribution in [2.24, 2.45) is 0 Å². The van der Waals surface area contributed by atoms with Gasteiger partial charge in [-0.15, -0.1) is 0 Å². The molecule has 24 heavy (non-hydrogen) atoms. The number of aromatic amines is 1. The van der Waals surface area contributed by atoms with Gasteiger partial charge in [0.25, 0.3) is 0 Å². The van der Waals surface area contributed by atoms with Gasteiger partial charge in [-0.2, -0.15) is 0 Å². The molecule has 3 heteroatoms. The van der Waals surface area contributed by atoms with Crippen LogP contribution in [0.25, 0.3) is 11.3 Å². The molecule has 1 aromatic heterocycles. The van der Waals surface area contributed by atoms with Crippen molar-refractivity contribution in [3.05, 3.63) is 76.7 Å². The van der Waals surface area contributed by atoms with E-state index < -0.39 is 0 Å². The standard InChI is InChI=1S/C21H23ClN2/c1-4-21(2,3)17-9-7-16(8-10-17)19-14-23-20(24-19)13-15-5-11-18(22)12-6-15/h5-12,14H,4,13H2,1-3H3,(H,23,24). The van der Waals surface area contributed by atoms with Gasteiger partial charge >= 0.3 is 0 Å². The summed E-state index contributed by atoms with van der Waals surface area (Å²) in [5.41, 5.74) is 5.00. The maximum absolute atomic E-state index is 5.93. The van der Waals surface area contributed by atoms with E-state index in [0.717, 1.165) is 29.4 Å². The molecule has 0 bridgehead atoms. The van der Waals surface area contributed by atoms with E-state index in [9.17, 15) is 0 Å². The van der Waals surface area contributed by atoms with Crippen LogP contribution in [0.2, 0.25) is 5.02 Å². The van der Waals surface area contributed by atoms with Gasteiger partial charge in [0.05, 0.1) is 11.9 Å². The van der Waals surface area contributed by atoms with Crippen molar-refractivity contribution in [3.63, 3.8) is 0 Å². The number of H-pyrrole nitrogens is 1. The lowest BCUT2D eigenvalue weighted by atomic mass is 9.82. The molecular formula is C21H23ClN2. The maximum Gasteiger partial charge on any atom is 0.110 e. The highest BCUT2D eigenvalue weighted by atomic mass is 35.5. The predicted molar refractivity (Wildman–Crippen MR) is 102 cm³/mol. The zero-order valence-corrected chi connectivity index (χ0v) is 15.2. The van der Waals surface area contributed by atoms with Crippen molar-refractivity contribution in [1.29, 1.82) is 0 Å². The summed E-state index contributed by atoms with van der Waals surface area (Å²) >= 11 is 5.93. The Hall–Kier alpha value is -2.06. The van der Waals surface area contributed by atoms with Crippen molar-refractivity contribution >= 4 is 11.6 Å². The van der Waals surface area contributed by atoms with Gasteiger partial charge in [0.15, 0.2) is 0 Å². The van der Waals surface area contributed by atoms with Crippen molar-refractivity contribution in [2.75, 3.05) is 0 Å². The molecule has 0 unspecified atom stereocenters. The van der Waals surface area contributed by atoms with Gasteiger partial charge in [0, 0.05) is 11.4 Å². The van der Waals surface area contributed by atoms with Gasteiger partial charge in [-0.25, -0.2) is 4.98 Å². The van der Waals surface area contributed by atoms with Gasteiger partial charge in [-0.1, -0.05) is 68.8 Å². The molecule has 2 nitrogen and oxygen atoms in total. The molecule has 0 aliphatic carbocycles. The first-order chi connectivity index (χ1) is 11.5. The number of hydrogen-bond donors (Lipinski definition) is 1. The van der Waals surface area contributed by atoms with E-state index in [0.29, 0.717) is 0 Å². The molecule has 0 atom stereocenters. The van der Waals surface area contributed by atoms with E-state index in [1.807, 2.05) is 30.5 Å². The minimum atomic E-state index is 0.215. The molecule has 0 spiro atoms. The summed E-state index contributed by atoms with van der Waals surface area (Å²) in [5.74, 6) is 0.963. The average molecular weight is 339 g/mol. The molecule has 3 rings (SSSR count). The SMILES string of the molecule is CCC(C)(C)c1ccc(-c2cnc(Cc3ccc(Cl)cc3)[nH]2)cc1. The molecule has 2 aromatic carbocycles. The van der Waals surface area contributed by atoms with E-state index in [1.165, 1.54) is 16.7 Å². The Morgan fingerprint density at radius 3 is 2.29 bits per heavy atom. The fourth-order valence-electron chi connectivity index (χ4n) is 2.70. The molecule has 0 fully saturated rings. The number of imidazole rings is 1. The zero-order chi connectivity index (χ0) is 17.2. The van der Waals surface area contributed by atoms with Crippen molar-refractivity contribution in [1.82, 2.24) is 9.97 Å². The van der Waals surface area contributed by atoms with Crippen LogP contribution in [0.1, 0.15) is 44.1 Å². The molecule has 0 saturated heterocycles. The Morgan fingerprint density at radius 2 is 1.67 bits per heavy atom. The van der Waals surface area contributed by atoms with E-state index in [-0.39, 0.29) is 5.41 Å². The molecule has 1 heterocycles. The number of benzene rings is 2. The molecule has 0 aliphatic heterocycles. The van der Waals surface area contributed by atoms with Crippen LogP contribution in [0, 0.1) is 0 Å². The van der Waals surface area contributed by atoms with Crippen molar-refractivity contribution in [3.8, 4) is 11.3 Å². The third-order valence-electron chi connectivity index (χ3n) is 4.77. The molecular weight excluding hydrogens is 316 g/mol. The normalized spacial score (nSPS) is 11.7. The molecule has 0 radical (unpaired) electrons. The van der Waals surface area contributed by atoms with Crippen LogP contribution in [-0.4, -0.2) is 9.97 Å². The van der Waals surface area contributed by atoms with Gasteiger partial charge in [0.2, 0.25) is 0 Å². The largest absolute Gasteiger partial charge is 0.342 e. The average Bonchev–Trinajstić information content (AvgIpc) is 3.05. The summed E-state index contributed by atoms with van der Waals surface area (Å²) in [7, 11) is 0. The second kappa shape index (κ2) is 6.82. The van der Waals surface area contributed by atoms with Crippen LogP contribution < -0.4 is 0 Å². The number of rotatable bonds is 5. The predicted octanol–water partition coefficient (Wildman–Crippen LogP) is 6.01. The Kier molecular flexibility index (Phi) is 4.77. The summed E-state index contributed by atoms with van der Waals surface area (Å²) in [6, 6.07) is 16.7. The number of aromatic nitrogens is 2. The fourth-order valence-corrected chi connectivity index (χ4v) is 2.83. The van der Waals surface area contributed by atoms with Crippen molar-refractivity contribution < 1.29 is 0 Å². The van der Waals surface area contributed by atoms with Crippen LogP contribution in [0.4, 0.5) is 0 Å². The molecule has 0 aliphatic rings. The van der Waals surface area contributed by atoms with Gasteiger partial charge in [-0.3, -0.25) is 0 Å². The van der Waals surface area contributed by atoms with E-state index in [2.05, 4.69) is 55.0 Å². The monoisotopic (exact) mass is 338 g/mol. The summed E-state index contributed by atoms with van der Waals surface area (Å²) in [4.78, 5) is 7.93. The first-order valence-electron chi connectivity index (χ1n) is 8.37. The van der Waals surface area contributed by atoms with Gasteiger partial charge < -0.3 is 4.98 Å². The van der Waals surface area contributed by atoms with Crippen molar-refractivity contribution in [2.45, 2.75) is 39.0 Å². The van der Waals surface area contributed by atoms with E-state index in [4.69, 9.17) is 11.6 Å². The molecule has 1 N–H and O–H groups in total. The molecule has 3 aromatic rings. The summed E-state index contributed by atoms with van der Waals surface area (Å²) in [5, 5.41) is 0.758. The van der Waals surface area contributed by atoms with Crippen LogP contribution in [0.5, 0.6) is 0 Å². The second-order valence-electron chi connectivity index (χ2n) is 6.86. The Balaban J connectivity index is 1.76. The van der Waals surface area contributed by atoms with Crippen LogP contribution in [-0.2, 0) is 11.8 Å². The van der Waals surface area contributed by atoms with E-state index >= 15 is 0 Å². The van der Waals surface area contributed by atoms with Crippen LogP contribution >= 0.6 is 11.6 Å². The Labute approximate surface area is 148 Å². The van der Waals surface area contributed by atoms with Gasteiger partial charge in [-0.05, 0) is 40.7 Å².